The van der Waals surface area contributed by atoms with Crippen molar-refractivity contribution in [2.45, 2.75) is 12.8 Å². The molecule has 2 unspecified atom stereocenters. The van der Waals surface area contributed by atoms with E-state index < -0.39 is 5.97 Å². The Kier molecular flexibility index (Phi) is 3.79. The van der Waals surface area contributed by atoms with Crippen molar-refractivity contribution in [3.8, 4) is 0 Å². The molecule has 0 aromatic heterocycles. The number of carbonyl (C=O) groups is 1. The van der Waals surface area contributed by atoms with E-state index in [0.29, 0.717) is 12.5 Å². The maximum absolute atomic E-state index is 11.1. The van der Waals surface area contributed by atoms with E-state index >= 15 is 0 Å². The highest BCUT2D eigenvalue weighted by Crippen LogP contribution is 2.24. The van der Waals surface area contributed by atoms with Crippen molar-refractivity contribution in [2.75, 3.05) is 20.1 Å². The van der Waals surface area contributed by atoms with Gasteiger partial charge < -0.3 is 10.0 Å². The fraction of sp³-hybridized carbons (Fsp3) is 0.500. The lowest BCUT2D eigenvalue weighted by molar-refractivity contribution is -0.144. The van der Waals surface area contributed by atoms with Gasteiger partial charge in [-0.3, -0.25) is 4.79 Å². The van der Waals surface area contributed by atoms with Crippen LogP contribution in [0.25, 0.3) is 0 Å². The molecule has 3 heteroatoms. The van der Waals surface area contributed by atoms with Gasteiger partial charge >= 0.3 is 5.97 Å². The van der Waals surface area contributed by atoms with Crippen LogP contribution in [0.1, 0.15) is 12.0 Å². The van der Waals surface area contributed by atoms with E-state index in [1.165, 1.54) is 5.56 Å². The van der Waals surface area contributed by atoms with Crippen LogP contribution in [0.3, 0.4) is 0 Å². The normalized spacial score (nSPS) is 25.7. The van der Waals surface area contributed by atoms with Crippen molar-refractivity contribution >= 4 is 5.97 Å². The number of hydrogen-bond acceptors (Lipinski definition) is 2. The first-order valence-corrected chi connectivity index (χ1v) is 6.10. The van der Waals surface area contributed by atoms with Crippen LogP contribution in [-0.4, -0.2) is 36.1 Å². The molecule has 1 aromatic rings. The minimum atomic E-state index is -0.658. The topological polar surface area (TPSA) is 40.5 Å². The van der Waals surface area contributed by atoms with E-state index in [4.69, 9.17) is 5.11 Å². The van der Waals surface area contributed by atoms with E-state index in [2.05, 4.69) is 17.0 Å². The van der Waals surface area contributed by atoms with E-state index in [0.717, 1.165) is 19.4 Å². The monoisotopic (exact) mass is 233 g/mol. The summed E-state index contributed by atoms with van der Waals surface area (Å²) >= 11 is 0. The number of nitrogens with zero attached hydrogens (tertiary/aromatic N) is 1. The fourth-order valence-corrected chi connectivity index (χ4v) is 2.72. The third-order valence-corrected chi connectivity index (χ3v) is 3.44. The number of hydrogen-bond donors (Lipinski definition) is 1. The highest BCUT2D eigenvalue weighted by molar-refractivity contribution is 5.70. The molecule has 0 saturated carbocycles. The minimum absolute atomic E-state index is 0.206. The largest absolute Gasteiger partial charge is 0.481 e. The highest BCUT2D eigenvalue weighted by atomic mass is 16.4. The van der Waals surface area contributed by atoms with Crippen molar-refractivity contribution in [3.05, 3.63) is 35.9 Å². The Hall–Kier alpha value is -1.35. The van der Waals surface area contributed by atoms with Gasteiger partial charge in [-0.25, -0.2) is 0 Å². The van der Waals surface area contributed by atoms with E-state index in [-0.39, 0.29) is 5.92 Å². The zero-order valence-corrected chi connectivity index (χ0v) is 10.2. The maximum Gasteiger partial charge on any atom is 0.307 e. The molecule has 1 aliphatic rings. The Balaban J connectivity index is 1.99. The van der Waals surface area contributed by atoms with E-state index in [1.807, 2.05) is 25.2 Å². The molecule has 1 fully saturated rings. The van der Waals surface area contributed by atoms with Gasteiger partial charge in [0.1, 0.15) is 0 Å². The molecule has 3 nitrogen and oxygen atoms in total. The average molecular weight is 233 g/mol. The first-order valence-electron chi connectivity index (χ1n) is 6.10. The zero-order valence-electron chi connectivity index (χ0n) is 10.2. The number of likely N-dealkylation sites (tertiary alicyclic amines) is 1. The summed E-state index contributed by atoms with van der Waals surface area (Å²) in [7, 11) is 2.01. The van der Waals surface area contributed by atoms with Gasteiger partial charge in [0.15, 0.2) is 0 Å². The van der Waals surface area contributed by atoms with Gasteiger partial charge in [-0.1, -0.05) is 30.3 Å². The molecule has 17 heavy (non-hydrogen) atoms. The molecule has 0 aliphatic carbocycles. The number of aliphatic carboxylic acids is 1. The third-order valence-electron chi connectivity index (χ3n) is 3.44. The summed E-state index contributed by atoms with van der Waals surface area (Å²) in [6, 6.07) is 10.3. The predicted molar refractivity (Wildman–Crippen MR) is 66.9 cm³/mol. The summed E-state index contributed by atoms with van der Waals surface area (Å²) in [4.78, 5) is 13.2. The summed E-state index contributed by atoms with van der Waals surface area (Å²) in [5.41, 5.74) is 1.30. The molecule has 2 rings (SSSR count). The predicted octanol–water partition coefficient (Wildman–Crippen LogP) is 1.88. The summed E-state index contributed by atoms with van der Waals surface area (Å²) in [6.45, 7) is 1.68. The molecule has 0 radical (unpaired) electrons. The average Bonchev–Trinajstić information content (AvgIpc) is 2.29. The van der Waals surface area contributed by atoms with Gasteiger partial charge in [-0.2, -0.15) is 0 Å². The van der Waals surface area contributed by atoms with Gasteiger partial charge in [0.05, 0.1) is 5.92 Å². The molecule has 2 atom stereocenters. The molecule has 1 heterocycles. The number of benzene rings is 1. The number of carboxylic acids is 1. The van der Waals surface area contributed by atoms with Crippen LogP contribution >= 0.6 is 0 Å². The Labute approximate surface area is 102 Å². The second-order valence-corrected chi connectivity index (χ2v) is 5.05. The standard InChI is InChI=1S/C14H19NO2/c1-15-9-12(8-13(10-15)14(16)17)7-11-5-3-2-4-6-11/h2-6,12-13H,7-10H2,1H3,(H,16,17). The summed E-state index contributed by atoms with van der Waals surface area (Å²) in [6.07, 6.45) is 1.78. The van der Waals surface area contributed by atoms with Crippen LogP contribution < -0.4 is 0 Å². The molecule has 1 aliphatic heterocycles. The number of piperidine rings is 1. The summed E-state index contributed by atoms with van der Waals surface area (Å²) in [5.74, 6) is -0.408. The van der Waals surface area contributed by atoms with Crippen molar-refractivity contribution in [1.29, 1.82) is 0 Å². The van der Waals surface area contributed by atoms with Crippen LogP contribution in [0.5, 0.6) is 0 Å². The summed E-state index contributed by atoms with van der Waals surface area (Å²) in [5, 5.41) is 9.11. The van der Waals surface area contributed by atoms with Crippen LogP contribution in [0.4, 0.5) is 0 Å². The molecule has 1 N–H and O–H groups in total. The second-order valence-electron chi connectivity index (χ2n) is 5.05. The molecule has 0 amide bonds. The van der Waals surface area contributed by atoms with Crippen LogP contribution in [0.2, 0.25) is 0 Å². The lowest BCUT2D eigenvalue weighted by atomic mass is 9.85. The van der Waals surface area contributed by atoms with Gasteiger partial charge in [-0.05, 0) is 31.4 Å². The highest BCUT2D eigenvalue weighted by Gasteiger charge is 2.29. The smallest absolute Gasteiger partial charge is 0.307 e. The first-order chi connectivity index (χ1) is 8.15. The lowest BCUT2D eigenvalue weighted by Crippen LogP contribution is -2.41. The second kappa shape index (κ2) is 5.32. The number of rotatable bonds is 3. The van der Waals surface area contributed by atoms with Gasteiger partial charge in [0.2, 0.25) is 0 Å². The van der Waals surface area contributed by atoms with Crippen LogP contribution in [0.15, 0.2) is 30.3 Å². The third kappa shape index (κ3) is 3.30. The Morgan fingerprint density at radius 3 is 2.71 bits per heavy atom. The molecule has 1 aromatic carbocycles. The lowest BCUT2D eigenvalue weighted by Gasteiger charge is -2.33. The number of carboxylic acid groups (broad SMARTS) is 1. The molecular formula is C14H19NO2. The molecular weight excluding hydrogens is 214 g/mol. The Bertz CT molecular complexity index is 377. The van der Waals surface area contributed by atoms with E-state index in [1.54, 1.807) is 0 Å². The zero-order chi connectivity index (χ0) is 12.3. The van der Waals surface area contributed by atoms with Gasteiger partial charge in [0, 0.05) is 13.1 Å². The maximum atomic E-state index is 11.1. The van der Waals surface area contributed by atoms with Crippen LogP contribution in [-0.2, 0) is 11.2 Å². The quantitative estimate of drug-likeness (QED) is 0.866. The van der Waals surface area contributed by atoms with Crippen molar-refractivity contribution in [1.82, 2.24) is 4.90 Å². The Morgan fingerprint density at radius 2 is 2.06 bits per heavy atom. The summed E-state index contributed by atoms with van der Waals surface area (Å²) < 4.78 is 0. The van der Waals surface area contributed by atoms with Gasteiger partial charge in [0.25, 0.3) is 0 Å². The SMILES string of the molecule is CN1CC(Cc2ccccc2)CC(C(=O)O)C1. The van der Waals surface area contributed by atoms with Gasteiger partial charge in [-0.15, -0.1) is 0 Å². The van der Waals surface area contributed by atoms with Crippen LogP contribution in [0, 0.1) is 11.8 Å². The molecule has 0 spiro atoms. The molecule has 1 saturated heterocycles. The van der Waals surface area contributed by atoms with Crippen molar-refractivity contribution in [3.63, 3.8) is 0 Å². The minimum Gasteiger partial charge on any atom is -0.481 e. The van der Waals surface area contributed by atoms with E-state index in [9.17, 15) is 4.79 Å². The van der Waals surface area contributed by atoms with Crippen molar-refractivity contribution < 1.29 is 9.90 Å². The molecule has 92 valence electrons. The first kappa shape index (κ1) is 12.1. The van der Waals surface area contributed by atoms with Crippen molar-refractivity contribution in [2.24, 2.45) is 11.8 Å². The molecule has 0 bridgehead atoms. The Morgan fingerprint density at radius 1 is 1.35 bits per heavy atom. The fourth-order valence-electron chi connectivity index (χ4n) is 2.72.